The minimum absolute atomic E-state index is 0.0333. The molecular formula is C14H14Cl2N2O4. The molecule has 1 fully saturated rings. The molecule has 1 aromatic carbocycles. The van der Waals surface area contributed by atoms with E-state index in [4.69, 9.17) is 32.7 Å². The zero-order chi connectivity index (χ0) is 16.1. The van der Waals surface area contributed by atoms with Crippen molar-refractivity contribution in [3.05, 3.63) is 40.2 Å². The Bertz CT molecular complexity index is 611. The number of esters is 1. The van der Waals surface area contributed by atoms with Crippen molar-refractivity contribution in [1.29, 1.82) is 0 Å². The molecule has 2 rings (SSSR count). The summed E-state index contributed by atoms with van der Waals surface area (Å²) in [5, 5.41) is 0.804. The minimum atomic E-state index is -0.593. The molecule has 0 N–H and O–H groups in total. The topological polar surface area (TPSA) is 60.4 Å². The van der Waals surface area contributed by atoms with Crippen molar-refractivity contribution in [2.75, 3.05) is 27.4 Å². The molecule has 0 bridgehead atoms. The highest BCUT2D eigenvalue weighted by atomic mass is 35.5. The molecule has 1 saturated heterocycles. The summed E-state index contributed by atoms with van der Waals surface area (Å²) in [6.45, 7) is 0.917. The van der Waals surface area contributed by atoms with E-state index in [1.807, 2.05) is 0 Å². The maximum Gasteiger partial charge on any atom is 0.374 e. The summed E-state index contributed by atoms with van der Waals surface area (Å²) in [6.07, 6.45) is 1.46. The number of para-hydroxylation sites is 1. The van der Waals surface area contributed by atoms with Crippen LogP contribution in [0, 0.1) is 0 Å². The second kappa shape index (κ2) is 7.38. The Hall–Kier alpha value is -1.92. The zero-order valence-electron chi connectivity index (χ0n) is 12.0. The largest absolute Gasteiger partial charge is 0.489 e. The van der Waals surface area contributed by atoms with E-state index in [0.29, 0.717) is 28.9 Å². The fourth-order valence-electron chi connectivity index (χ4n) is 1.75. The molecule has 1 aromatic rings. The lowest BCUT2D eigenvalue weighted by Gasteiger charge is -2.13. The van der Waals surface area contributed by atoms with E-state index in [1.54, 1.807) is 23.1 Å². The highest BCUT2D eigenvalue weighted by Crippen LogP contribution is 2.33. The van der Waals surface area contributed by atoms with Crippen LogP contribution in [0.3, 0.4) is 0 Å². The van der Waals surface area contributed by atoms with Crippen molar-refractivity contribution in [2.24, 2.45) is 4.99 Å². The first-order valence-electron chi connectivity index (χ1n) is 6.33. The SMILES string of the molecule is COC(=O)/C(=C/N1CCOC1=Nc1c(Cl)cccc1Cl)OC. The number of nitrogens with zero attached hydrogens (tertiary/aromatic N) is 2. The van der Waals surface area contributed by atoms with Crippen LogP contribution in [-0.4, -0.2) is 44.3 Å². The van der Waals surface area contributed by atoms with E-state index in [9.17, 15) is 4.79 Å². The van der Waals surface area contributed by atoms with Gasteiger partial charge in [-0.15, -0.1) is 0 Å². The van der Waals surface area contributed by atoms with Crippen LogP contribution < -0.4 is 0 Å². The number of ether oxygens (including phenoxy) is 3. The normalized spacial score (nSPS) is 16.6. The molecule has 8 heteroatoms. The number of benzene rings is 1. The first-order chi connectivity index (χ1) is 10.6. The van der Waals surface area contributed by atoms with Crippen LogP contribution in [0.5, 0.6) is 0 Å². The van der Waals surface area contributed by atoms with Crippen LogP contribution in [0.25, 0.3) is 0 Å². The molecule has 0 aromatic heterocycles. The van der Waals surface area contributed by atoms with Gasteiger partial charge in [-0.2, -0.15) is 4.99 Å². The van der Waals surface area contributed by atoms with Gasteiger partial charge in [-0.05, 0) is 12.1 Å². The highest BCUT2D eigenvalue weighted by Gasteiger charge is 2.23. The van der Waals surface area contributed by atoms with E-state index in [1.165, 1.54) is 20.4 Å². The number of hydrogen-bond acceptors (Lipinski definition) is 5. The molecule has 0 amide bonds. The predicted octanol–water partition coefficient (Wildman–Crippen LogP) is 2.97. The van der Waals surface area contributed by atoms with Gasteiger partial charge in [0.2, 0.25) is 5.76 Å². The molecular weight excluding hydrogens is 331 g/mol. The molecule has 1 heterocycles. The number of carbonyl (C=O) groups excluding carboxylic acids is 1. The minimum Gasteiger partial charge on any atom is -0.489 e. The summed E-state index contributed by atoms with van der Waals surface area (Å²) in [5.74, 6) is -0.560. The second-order valence-electron chi connectivity index (χ2n) is 4.20. The monoisotopic (exact) mass is 344 g/mol. The molecule has 6 nitrogen and oxygen atoms in total. The van der Waals surface area contributed by atoms with Crippen molar-refractivity contribution in [3.8, 4) is 0 Å². The number of aliphatic imine (C=N–C) groups is 1. The van der Waals surface area contributed by atoms with Crippen molar-refractivity contribution in [2.45, 2.75) is 0 Å². The smallest absolute Gasteiger partial charge is 0.374 e. The van der Waals surface area contributed by atoms with E-state index < -0.39 is 5.97 Å². The van der Waals surface area contributed by atoms with Gasteiger partial charge in [0.1, 0.15) is 12.3 Å². The number of amidine groups is 1. The summed E-state index contributed by atoms with van der Waals surface area (Å²) >= 11 is 12.2. The van der Waals surface area contributed by atoms with Crippen molar-refractivity contribution >= 4 is 40.9 Å². The predicted molar refractivity (Wildman–Crippen MR) is 83.3 cm³/mol. The van der Waals surface area contributed by atoms with Gasteiger partial charge in [0.25, 0.3) is 6.02 Å². The summed E-state index contributed by atoms with van der Waals surface area (Å²) < 4.78 is 15.1. The van der Waals surface area contributed by atoms with Crippen molar-refractivity contribution < 1.29 is 19.0 Å². The van der Waals surface area contributed by atoms with Gasteiger partial charge in [0.15, 0.2) is 0 Å². The van der Waals surface area contributed by atoms with Gasteiger partial charge in [-0.1, -0.05) is 29.3 Å². The standard InChI is InChI=1S/C14H14Cl2N2O4/c1-20-11(13(19)21-2)8-18-6-7-22-14(18)17-12-9(15)4-3-5-10(12)16/h3-5,8H,6-7H2,1-2H3/b11-8-,17-14?. The molecule has 1 aliphatic rings. The number of carbonyl (C=O) groups is 1. The Morgan fingerprint density at radius 2 is 2.00 bits per heavy atom. The van der Waals surface area contributed by atoms with Gasteiger partial charge in [0.05, 0.1) is 37.0 Å². The lowest BCUT2D eigenvalue weighted by atomic mass is 10.3. The van der Waals surface area contributed by atoms with E-state index in [0.717, 1.165) is 0 Å². The van der Waals surface area contributed by atoms with Crippen molar-refractivity contribution in [3.63, 3.8) is 0 Å². The molecule has 0 saturated carbocycles. The second-order valence-corrected chi connectivity index (χ2v) is 5.01. The number of methoxy groups -OCH3 is 2. The van der Waals surface area contributed by atoms with E-state index >= 15 is 0 Å². The van der Waals surface area contributed by atoms with Gasteiger partial charge in [-0.3, -0.25) is 4.90 Å². The van der Waals surface area contributed by atoms with Gasteiger partial charge in [0, 0.05) is 0 Å². The molecule has 0 unspecified atom stereocenters. The van der Waals surface area contributed by atoms with E-state index in [2.05, 4.69) is 9.73 Å². The first kappa shape index (κ1) is 16.5. The van der Waals surface area contributed by atoms with Crippen LogP contribution in [-0.2, 0) is 19.0 Å². The molecule has 0 atom stereocenters. The molecule has 1 aliphatic heterocycles. The quantitative estimate of drug-likeness (QED) is 0.477. The van der Waals surface area contributed by atoms with Crippen LogP contribution in [0.4, 0.5) is 5.69 Å². The van der Waals surface area contributed by atoms with Crippen LogP contribution in [0.1, 0.15) is 0 Å². The highest BCUT2D eigenvalue weighted by molar-refractivity contribution is 6.38. The first-order valence-corrected chi connectivity index (χ1v) is 7.08. The van der Waals surface area contributed by atoms with Gasteiger partial charge in [-0.25, -0.2) is 4.79 Å². The Labute approximate surface area is 137 Å². The summed E-state index contributed by atoms with van der Waals surface area (Å²) in [7, 11) is 2.65. The maximum atomic E-state index is 11.5. The summed E-state index contributed by atoms with van der Waals surface area (Å²) in [6, 6.07) is 5.35. The Kier molecular flexibility index (Phi) is 5.51. The van der Waals surface area contributed by atoms with Crippen molar-refractivity contribution in [1.82, 2.24) is 4.90 Å². The third-order valence-corrected chi connectivity index (χ3v) is 3.44. The zero-order valence-corrected chi connectivity index (χ0v) is 13.5. The van der Waals surface area contributed by atoms with Crippen LogP contribution in [0.2, 0.25) is 10.0 Å². The summed E-state index contributed by atoms with van der Waals surface area (Å²) in [4.78, 5) is 17.5. The average molecular weight is 345 g/mol. The molecule has 0 radical (unpaired) electrons. The molecule has 22 heavy (non-hydrogen) atoms. The van der Waals surface area contributed by atoms with Crippen LogP contribution >= 0.6 is 23.2 Å². The fourth-order valence-corrected chi connectivity index (χ4v) is 2.23. The maximum absolute atomic E-state index is 11.5. The third kappa shape index (κ3) is 3.64. The Morgan fingerprint density at radius 1 is 1.32 bits per heavy atom. The molecule has 0 aliphatic carbocycles. The third-order valence-electron chi connectivity index (χ3n) is 2.83. The average Bonchev–Trinajstić information content (AvgIpc) is 2.95. The van der Waals surface area contributed by atoms with Crippen LogP contribution in [0.15, 0.2) is 35.2 Å². The molecule has 0 spiro atoms. The number of hydrogen-bond donors (Lipinski definition) is 0. The fraction of sp³-hybridized carbons (Fsp3) is 0.286. The number of halogens is 2. The van der Waals surface area contributed by atoms with E-state index in [-0.39, 0.29) is 11.8 Å². The van der Waals surface area contributed by atoms with Gasteiger partial charge < -0.3 is 14.2 Å². The van der Waals surface area contributed by atoms with Gasteiger partial charge >= 0.3 is 5.97 Å². The lowest BCUT2D eigenvalue weighted by Crippen LogP contribution is -2.22. The number of rotatable bonds is 4. The Morgan fingerprint density at radius 3 is 2.59 bits per heavy atom. The summed E-state index contributed by atoms with van der Waals surface area (Å²) in [5.41, 5.74) is 0.401. The lowest BCUT2D eigenvalue weighted by molar-refractivity contribution is -0.139. The Balaban J connectivity index is 2.33. The molecule has 118 valence electrons.